The molecule has 1 fully saturated rings. The maximum Gasteiger partial charge on any atom is 0.230 e. The first-order chi connectivity index (χ1) is 14.1. The molecule has 6 heteroatoms. The monoisotopic (exact) mass is 410 g/mol. The second-order valence-electron chi connectivity index (χ2n) is 7.70. The van der Waals surface area contributed by atoms with Crippen molar-refractivity contribution in [1.82, 2.24) is 19.2 Å². The molecule has 3 aromatic rings. The Balaban J connectivity index is 1.37. The van der Waals surface area contributed by atoms with Crippen LogP contribution < -0.4 is 0 Å². The second kappa shape index (κ2) is 8.97. The smallest absolute Gasteiger partial charge is 0.230 e. The van der Waals surface area contributed by atoms with E-state index in [-0.39, 0.29) is 11.8 Å². The van der Waals surface area contributed by atoms with Gasteiger partial charge in [-0.05, 0) is 24.1 Å². The molecule has 1 saturated heterocycles. The molecule has 5 nitrogen and oxygen atoms in total. The number of halogens is 1. The number of fused-ring (bicyclic) bond motifs is 1. The van der Waals surface area contributed by atoms with E-state index in [1.807, 2.05) is 52.0 Å². The molecule has 1 aliphatic rings. The van der Waals surface area contributed by atoms with Crippen LogP contribution in [0.25, 0.3) is 5.65 Å². The van der Waals surface area contributed by atoms with Gasteiger partial charge in [0.1, 0.15) is 5.65 Å². The van der Waals surface area contributed by atoms with Gasteiger partial charge in [0.2, 0.25) is 5.91 Å². The van der Waals surface area contributed by atoms with Crippen LogP contribution in [0.2, 0.25) is 5.02 Å². The number of rotatable bonds is 6. The SMILES string of the molecule is CCCC(C(=O)N1CCN(Cc2cn3cc(Cl)ccc3n2)CC1)c1ccccc1. The fourth-order valence-electron chi connectivity index (χ4n) is 4.08. The van der Waals surface area contributed by atoms with Gasteiger partial charge in [-0.15, -0.1) is 0 Å². The Hall–Kier alpha value is -2.37. The minimum Gasteiger partial charge on any atom is -0.340 e. The Kier molecular flexibility index (Phi) is 6.16. The van der Waals surface area contributed by atoms with E-state index in [9.17, 15) is 4.79 Å². The van der Waals surface area contributed by atoms with Crippen molar-refractivity contribution in [3.8, 4) is 0 Å². The van der Waals surface area contributed by atoms with Gasteiger partial charge in [0.15, 0.2) is 0 Å². The average molecular weight is 411 g/mol. The Morgan fingerprint density at radius 3 is 2.55 bits per heavy atom. The molecule has 3 heterocycles. The average Bonchev–Trinajstić information content (AvgIpc) is 3.14. The third-order valence-electron chi connectivity index (χ3n) is 5.61. The molecule has 1 amide bonds. The van der Waals surface area contributed by atoms with Crippen LogP contribution in [0, 0.1) is 0 Å². The zero-order valence-corrected chi connectivity index (χ0v) is 17.6. The van der Waals surface area contributed by atoms with Crippen molar-refractivity contribution in [3.63, 3.8) is 0 Å². The summed E-state index contributed by atoms with van der Waals surface area (Å²) in [5.74, 6) is 0.232. The molecular weight excluding hydrogens is 384 g/mol. The highest BCUT2D eigenvalue weighted by molar-refractivity contribution is 6.30. The van der Waals surface area contributed by atoms with Crippen LogP contribution in [0.5, 0.6) is 0 Å². The second-order valence-corrected chi connectivity index (χ2v) is 8.13. The number of pyridine rings is 1. The third kappa shape index (κ3) is 4.62. The molecule has 1 aromatic carbocycles. The summed E-state index contributed by atoms with van der Waals surface area (Å²) in [6, 6.07) is 14.0. The number of carbonyl (C=O) groups excluding carboxylic acids is 1. The Morgan fingerprint density at radius 2 is 1.83 bits per heavy atom. The van der Waals surface area contributed by atoms with Gasteiger partial charge < -0.3 is 9.30 Å². The van der Waals surface area contributed by atoms with Crippen LogP contribution in [0.4, 0.5) is 0 Å². The summed E-state index contributed by atoms with van der Waals surface area (Å²) in [6.45, 7) is 6.21. The molecule has 0 saturated carbocycles. The molecule has 2 aromatic heterocycles. The Labute approximate surface area is 176 Å². The van der Waals surface area contributed by atoms with Crippen molar-refractivity contribution in [2.24, 2.45) is 0 Å². The summed E-state index contributed by atoms with van der Waals surface area (Å²) in [4.78, 5) is 22.3. The van der Waals surface area contributed by atoms with Crippen molar-refractivity contribution >= 4 is 23.2 Å². The third-order valence-corrected chi connectivity index (χ3v) is 5.84. The summed E-state index contributed by atoms with van der Waals surface area (Å²) in [7, 11) is 0. The highest BCUT2D eigenvalue weighted by atomic mass is 35.5. The van der Waals surface area contributed by atoms with E-state index in [0.29, 0.717) is 5.02 Å². The lowest BCUT2D eigenvalue weighted by atomic mass is 9.93. The van der Waals surface area contributed by atoms with E-state index >= 15 is 0 Å². The van der Waals surface area contributed by atoms with E-state index in [0.717, 1.165) is 62.5 Å². The summed E-state index contributed by atoms with van der Waals surface area (Å²) >= 11 is 6.06. The summed E-state index contributed by atoms with van der Waals surface area (Å²) < 4.78 is 1.96. The van der Waals surface area contributed by atoms with E-state index in [4.69, 9.17) is 11.6 Å². The maximum absolute atomic E-state index is 13.2. The predicted molar refractivity (Wildman–Crippen MR) is 116 cm³/mol. The molecule has 0 radical (unpaired) electrons. The lowest BCUT2D eigenvalue weighted by Crippen LogP contribution is -2.49. The molecular formula is C23H27ClN4O. The first kappa shape index (κ1) is 19.9. The van der Waals surface area contributed by atoms with Crippen LogP contribution in [0.15, 0.2) is 54.9 Å². The van der Waals surface area contributed by atoms with Crippen LogP contribution in [-0.4, -0.2) is 51.3 Å². The van der Waals surface area contributed by atoms with E-state index in [1.54, 1.807) is 0 Å². The molecule has 0 N–H and O–H groups in total. The number of nitrogens with zero attached hydrogens (tertiary/aromatic N) is 4. The van der Waals surface area contributed by atoms with Crippen LogP contribution in [0.3, 0.4) is 0 Å². The number of hydrogen-bond donors (Lipinski definition) is 0. The molecule has 29 heavy (non-hydrogen) atoms. The Bertz CT molecular complexity index is 963. The van der Waals surface area contributed by atoms with Gasteiger partial charge >= 0.3 is 0 Å². The van der Waals surface area contributed by atoms with Crippen molar-refractivity contribution in [3.05, 3.63) is 71.1 Å². The summed E-state index contributed by atoms with van der Waals surface area (Å²) in [5, 5.41) is 0.702. The number of hydrogen-bond acceptors (Lipinski definition) is 3. The first-order valence-electron chi connectivity index (χ1n) is 10.3. The van der Waals surface area contributed by atoms with Crippen LogP contribution in [-0.2, 0) is 11.3 Å². The summed E-state index contributed by atoms with van der Waals surface area (Å²) in [6.07, 6.45) is 5.81. The first-order valence-corrected chi connectivity index (χ1v) is 10.7. The lowest BCUT2D eigenvalue weighted by Gasteiger charge is -2.36. The van der Waals surface area contributed by atoms with Gasteiger partial charge in [0, 0.05) is 45.1 Å². The summed E-state index contributed by atoms with van der Waals surface area (Å²) in [5.41, 5.74) is 3.06. The van der Waals surface area contributed by atoms with Crippen molar-refractivity contribution in [2.45, 2.75) is 32.2 Å². The topological polar surface area (TPSA) is 40.9 Å². The lowest BCUT2D eigenvalue weighted by molar-refractivity contribution is -0.134. The van der Waals surface area contributed by atoms with Crippen molar-refractivity contribution in [1.29, 1.82) is 0 Å². The molecule has 0 bridgehead atoms. The number of carbonyl (C=O) groups is 1. The van der Waals surface area contributed by atoms with Gasteiger partial charge in [-0.25, -0.2) is 4.98 Å². The van der Waals surface area contributed by atoms with Gasteiger partial charge in [-0.2, -0.15) is 0 Å². The number of piperazine rings is 1. The molecule has 1 atom stereocenters. The predicted octanol–water partition coefficient (Wildman–Crippen LogP) is 4.22. The van der Waals surface area contributed by atoms with E-state index in [1.165, 1.54) is 0 Å². The van der Waals surface area contributed by atoms with Gasteiger partial charge in [0.05, 0.1) is 16.6 Å². The maximum atomic E-state index is 13.2. The highest BCUT2D eigenvalue weighted by Crippen LogP contribution is 2.24. The van der Waals surface area contributed by atoms with Gasteiger partial charge in [0.25, 0.3) is 0 Å². The fraction of sp³-hybridized carbons (Fsp3) is 0.391. The zero-order valence-electron chi connectivity index (χ0n) is 16.8. The largest absolute Gasteiger partial charge is 0.340 e. The minimum atomic E-state index is -0.0315. The molecule has 1 aliphatic heterocycles. The quantitative estimate of drug-likeness (QED) is 0.611. The van der Waals surface area contributed by atoms with Gasteiger partial charge in [-0.3, -0.25) is 9.69 Å². The number of aromatic nitrogens is 2. The molecule has 4 rings (SSSR count). The van der Waals surface area contributed by atoms with Crippen LogP contribution in [0.1, 0.15) is 36.9 Å². The standard InChI is InChI=1S/C23H27ClN4O/c1-2-6-21(18-7-4-3-5-8-18)23(29)27-13-11-26(12-14-27)16-20-17-28-15-19(24)9-10-22(28)25-20/h3-5,7-10,15,17,21H,2,6,11-14,16H2,1H3. The molecule has 0 spiro atoms. The normalized spacial score (nSPS) is 16.3. The van der Waals surface area contributed by atoms with Crippen LogP contribution >= 0.6 is 11.6 Å². The number of amides is 1. The number of imidazole rings is 1. The van der Waals surface area contributed by atoms with E-state index in [2.05, 4.69) is 28.9 Å². The van der Waals surface area contributed by atoms with Crippen molar-refractivity contribution in [2.75, 3.05) is 26.2 Å². The molecule has 1 unspecified atom stereocenters. The zero-order chi connectivity index (χ0) is 20.2. The number of benzene rings is 1. The van der Waals surface area contributed by atoms with E-state index < -0.39 is 0 Å². The molecule has 0 aliphatic carbocycles. The highest BCUT2D eigenvalue weighted by Gasteiger charge is 2.28. The Morgan fingerprint density at radius 1 is 1.07 bits per heavy atom. The fourth-order valence-corrected chi connectivity index (χ4v) is 4.24. The van der Waals surface area contributed by atoms with Gasteiger partial charge in [-0.1, -0.05) is 55.3 Å². The minimum absolute atomic E-state index is 0.0315. The molecule has 152 valence electrons. The van der Waals surface area contributed by atoms with Crippen molar-refractivity contribution < 1.29 is 4.79 Å².